The summed E-state index contributed by atoms with van der Waals surface area (Å²) in [5.41, 5.74) is 5.98. The molecule has 0 aliphatic carbocycles. The Bertz CT molecular complexity index is 180. The molecule has 74 valence electrons. The van der Waals surface area contributed by atoms with Crippen LogP contribution in [0.1, 0.15) is 19.3 Å². The van der Waals surface area contributed by atoms with Crippen LogP contribution in [0, 0.1) is 12.3 Å². The fraction of sp³-hybridized carbons (Fsp3) is 0.800. The highest BCUT2D eigenvalue weighted by Gasteiger charge is 2.29. The van der Waals surface area contributed by atoms with Crippen molar-refractivity contribution in [3.63, 3.8) is 0 Å². The van der Waals surface area contributed by atoms with Crippen LogP contribution in [0.15, 0.2) is 0 Å². The molecule has 0 aromatic heterocycles. The van der Waals surface area contributed by atoms with E-state index in [1.165, 1.54) is 24.3 Å². The van der Waals surface area contributed by atoms with Gasteiger partial charge in [0.05, 0.1) is 0 Å². The third-order valence-corrected chi connectivity index (χ3v) is 3.60. The Kier molecular flexibility index (Phi) is 4.65. The number of nitrogens with one attached hydrogen (secondary N) is 1. The van der Waals surface area contributed by atoms with E-state index in [4.69, 9.17) is 12.2 Å². The summed E-state index contributed by atoms with van der Waals surface area (Å²) in [7, 11) is 0. The lowest BCUT2D eigenvalue weighted by molar-refractivity contribution is 0.312. The minimum absolute atomic E-state index is 0.183. The van der Waals surface area contributed by atoms with Gasteiger partial charge in [0.25, 0.3) is 0 Å². The summed E-state index contributed by atoms with van der Waals surface area (Å²) in [5.74, 6) is 5.09. The van der Waals surface area contributed by atoms with Gasteiger partial charge in [0.1, 0.15) is 0 Å². The van der Waals surface area contributed by atoms with E-state index in [2.05, 4.69) is 11.2 Å². The second kappa shape index (κ2) is 5.54. The predicted molar refractivity (Wildman–Crippen MR) is 59.8 cm³/mol. The van der Waals surface area contributed by atoms with Gasteiger partial charge in [-0.3, -0.25) is 0 Å². The molecule has 0 aromatic carbocycles. The molecule has 13 heavy (non-hydrogen) atoms. The molecule has 1 fully saturated rings. The molecule has 0 aromatic rings. The molecular formula is C10H18N2S. The number of hydrogen-bond acceptors (Lipinski definition) is 3. The zero-order valence-electron chi connectivity index (χ0n) is 8.01. The smallest absolute Gasteiger partial charge is 0.0320 e. The minimum Gasteiger partial charge on any atom is -0.329 e. The molecule has 1 aliphatic rings. The molecule has 2 nitrogen and oxygen atoms in total. The van der Waals surface area contributed by atoms with E-state index in [1.54, 1.807) is 0 Å². The Balaban J connectivity index is 2.34. The van der Waals surface area contributed by atoms with Crippen molar-refractivity contribution in [1.82, 2.24) is 5.32 Å². The molecule has 0 amide bonds. The first-order valence-corrected chi connectivity index (χ1v) is 5.95. The minimum atomic E-state index is 0.183. The fourth-order valence-electron chi connectivity index (χ4n) is 1.62. The van der Waals surface area contributed by atoms with E-state index in [0.29, 0.717) is 0 Å². The average molecular weight is 198 g/mol. The number of thioether (sulfide) groups is 1. The van der Waals surface area contributed by atoms with E-state index < -0.39 is 0 Å². The van der Waals surface area contributed by atoms with Crippen molar-refractivity contribution in [2.24, 2.45) is 5.73 Å². The van der Waals surface area contributed by atoms with Crippen molar-refractivity contribution in [3.05, 3.63) is 0 Å². The van der Waals surface area contributed by atoms with E-state index in [0.717, 1.165) is 19.5 Å². The molecule has 0 spiro atoms. The van der Waals surface area contributed by atoms with Crippen LogP contribution in [0.5, 0.6) is 0 Å². The molecule has 1 aliphatic heterocycles. The number of hydrogen-bond donors (Lipinski definition) is 2. The summed E-state index contributed by atoms with van der Waals surface area (Å²) in [6, 6.07) is 0. The second-order valence-corrected chi connectivity index (χ2v) is 4.70. The monoisotopic (exact) mass is 198 g/mol. The highest BCUT2D eigenvalue weighted by molar-refractivity contribution is 7.99. The summed E-state index contributed by atoms with van der Waals surface area (Å²) >= 11 is 2.02. The zero-order valence-corrected chi connectivity index (χ0v) is 8.83. The van der Waals surface area contributed by atoms with Crippen molar-refractivity contribution in [1.29, 1.82) is 0 Å². The highest BCUT2D eigenvalue weighted by Crippen LogP contribution is 2.25. The van der Waals surface area contributed by atoms with E-state index in [1.807, 2.05) is 11.8 Å². The van der Waals surface area contributed by atoms with Gasteiger partial charge in [0.15, 0.2) is 0 Å². The quantitative estimate of drug-likeness (QED) is 0.519. The standard InChI is InChI=1S/C10H18N2S/c1-2-3-6-12-10(9-11)4-7-13-8-5-10/h1,12H,3-9,11H2. The average Bonchev–Trinajstić information content (AvgIpc) is 2.20. The molecular weight excluding hydrogens is 180 g/mol. The van der Waals surface area contributed by atoms with Gasteiger partial charge in [-0.1, -0.05) is 0 Å². The molecule has 0 bridgehead atoms. The van der Waals surface area contributed by atoms with Crippen LogP contribution in [0.3, 0.4) is 0 Å². The van der Waals surface area contributed by atoms with Crippen molar-refractivity contribution >= 4 is 11.8 Å². The van der Waals surface area contributed by atoms with E-state index >= 15 is 0 Å². The van der Waals surface area contributed by atoms with Crippen LogP contribution < -0.4 is 11.1 Å². The maximum Gasteiger partial charge on any atom is 0.0320 e. The summed E-state index contributed by atoms with van der Waals surface area (Å²) in [4.78, 5) is 0. The molecule has 1 rings (SSSR count). The van der Waals surface area contributed by atoms with Gasteiger partial charge < -0.3 is 11.1 Å². The van der Waals surface area contributed by atoms with E-state index in [9.17, 15) is 0 Å². The summed E-state index contributed by atoms with van der Waals surface area (Å²) < 4.78 is 0. The highest BCUT2D eigenvalue weighted by atomic mass is 32.2. The van der Waals surface area contributed by atoms with Gasteiger partial charge in [-0.05, 0) is 24.3 Å². The van der Waals surface area contributed by atoms with Crippen LogP contribution >= 0.6 is 11.8 Å². The molecule has 3 N–H and O–H groups in total. The third kappa shape index (κ3) is 3.22. The van der Waals surface area contributed by atoms with Gasteiger partial charge in [0.2, 0.25) is 0 Å². The largest absolute Gasteiger partial charge is 0.329 e. The van der Waals surface area contributed by atoms with Crippen LogP contribution in [-0.2, 0) is 0 Å². The number of rotatable bonds is 4. The first-order valence-electron chi connectivity index (χ1n) is 4.79. The van der Waals surface area contributed by atoms with Gasteiger partial charge >= 0.3 is 0 Å². The zero-order chi connectivity index (χ0) is 9.57. The molecule has 0 saturated carbocycles. The summed E-state index contributed by atoms with van der Waals surface area (Å²) in [6.45, 7) is 1.64. The van der Waals surface area contributed by atoms with Crippen LogP contribution in [-0.4, -0.2) is 30.1 Å². The van der Waals surface area contributed by atoms with Gasteiger partial charge in [-0.2, -0.15) is 11.8 Å². The molecule has 1 heterocycles. The number of nitrogens with two attached hydrogens (primary N) is 1. The van der Waals surface area contributed by atoms with Gasteiger partial charge in [0, 0.05) is 25.0 Å². The Hall–Kier alpha value is -0.170. The van der Waals surface area contributed by atoms with Crippen LogP contribution in [0.2, 0.25) is 0 Å². The third-order valence-electron chi connectivity index (χ3n) is 2.61. The molecule has 3 heteroatoms. The van der Waals surface area contributed by atoms with Gasteiger partial charge in [-0.25, -0.2) is 0 Å². The maximum atomic E-state index is 5.80. The lowest BCUT2D eigenvalue weighted by Gasteiger charge is -2.36. The Labute approximate surface area is 85.0 Å². The summed E-state index contributed by atoms with van der Waals surface area (Å²) in [6.07, 6.45) is 8.36. The number of terminal acetylenes is 1. The van der Waals surface area contributed by atoms with Crippen molar-refractivity contribution in [2.45, 2.75) is 24.8 Å². The van der Waals surface area contributed by atoms with E-state index in [-0.39, 0.29) is 5.54 Å². The van der Waals surface area contributed by atoms with Crippen molar-refractivity contribution in [3.8, 4) is 12.3 Å². The van der Waals surface area contributed by atoms with Crippen LogP contribution in [0.25, 0.3) is 0 Å². The van der Waals surface area contributed by atoms with Crippen molar-refractivity contribution in [2.75, 3.05) is 24.6 Å². The van der Waals surface area contributed by atoms with Crippen molar-refractivity contribution < 1.29 is 0 Å². The predicted octanol–water partition coefficient (Wildman–Crippen LogP) is 0.824. The molecule has 0 radical (unpaired) electrons. The molecule has 0 atom stereocenters. The first kappa shape index (κ1) is 10.9. The lowest BCUT2D eigenvalue weighted by atomic mass is 9.92. The van der Waals surface area contributed by atoms with Crippen LogP contribution in [0.4, 0.5) is 0 Å². The topological polar surface area (TPSA) is 38.0 Å². The van der Waals surface area contributed by atoms with Gasteiger partial charge in [-0.15, -0.1) is 12.3 Å². The Morgan fingerprint density at radius 3 is 2.69 bits per heavy atom. The maximum absolute atomic E-state index is 5.80. The Morgan fingerprint density at radius 1 is 1.46 bits per heavy atom. The second-order valence-electron chi connectivity index (χ2n) is 3.48. The fourth-order valence-corrected chi connectivity index (χ4v) is 2.89. The SMILES string of the molecule is C#CCCNC1(CN)CCSCC1. The molecule has 1 saturated heterocycles. The Morgan fingerprint density at radius 2 is 2.15 bits per heavy atom. The normalized spacial score (nSPS) is 20.9. The summed E-state index contributed by atoms with van der Waals surface area (Å²) in [5, 5.41) is 3.50. The molecule has 0 unspecified atom stereocenters. The lowest BCUT2D eigenvalue weighted by Crippen LogP contribution is -2.53. The first-order chi connectivity index (χ1) is 6.33.